The zero-order valence-corrected chi connectivity index (χ0v) is 12.7. The number of carbonyl (C=O) groups is 1. The van der Waals surface area contributed by atoms with Crippen LogP contribution in [0.5, 0.6) is 0 Å². The molecule has 0 aliphatic carbocycles. The van der Waals surface area contributed by atoms with Crippen LogP contribution in [-0.4, -0.2) is 49.3 Å². The zero-order valence-electron chi connectivity index (χ0n) is 12.7. The molecule has 1 fully saturated rings. The first kappa shape index (κ1) is 16.4. The van der Waals surface area contributed by atoms with Crippen molar-refractivity contribution in [3.8, 4) is 0 Å². The van der Waals surface area contributed by atoms with E-state index >= 15 is 0 Å². The lowest BCUT2D eigenvalue weighted by atomic mass is 9.87. The monoisotopic (exact) mass is 271 g/mol. The van der Waals surface area contributed by atoms with Crippen molar-refractivity contribution in [2.45, 2.75) is 46.0 Å². The Morgan fingerprint density at radius 2 is 2.16 bits per heavy atom. The van der Waals surface area contributed by atoms with Gasteiger partial charge in [0.25, 0.3) is 0 Å². The minimum atomic E-state index is -0.689. The molecule has 4 heteroatoms. The highest BCUT2D eigenvalue weighted by molar-refractivity contribution is 5.73. The molecular formula is C15H29NO3. The quantitative estimate of drug-likeness (QED) is 0.689. The van der Waals surface area contributed by atoms with Crippen LogP contribution in [0.1, 0.15) is 46.0 Å². The highest BCUT2D eigenvalue weighted by atomic mass is 16.5. The number of hydrogen-bond acceptors (Lipinski definition) is 3. The fourth-order valence-electron chi connectivity index (χ4n) is 2.74. The summed E-state index contributed by atoms with van der Waals surface area (Å²) in [6.45, 7) is 7.90. The van der Waals surface area contributed by atoms with Crippen LogP contribution < -0.4 is 0 Å². The minimum absolute atomic E-state index is 0.583. The largest absolute Gasteiger partial charge is 0.481 e. The summed E-state index contributed by atoms with van der Waals surface area (Å²) in [6.07, 6.45) is 5.38. The van der Waals surface area contributed by atoms with Crippen molar-refractivity contribution >= 4 is 5.97 Å². The molecule has 0 aromatic heterocycles. The Labute approximate surface area is 117 Å². The van der Waals surface area contributed by atoms with Gasteiger partial charge >= 0.3 is 5.97 Å². The first-order valence-electron chi connectivity index (χ1n) is 7.40. The van der Waals surface area contributed by atoms with Gasteiger partial charge in [-0.1, -0.05) is 6.42 Å². The Morgan fingerprint density at radius 3 is 2.79 bits per heavy atom. The molecule has 0 aromatic rings. The molecule has 1 unspecified atom stereocenters. The van der Waals surface area contributed by atoms with Gasteiger partial charge in [0.05, 0.1) is 12.0 Å². The third-order valence-corrected chi connectivity index (χ3v) is 4.11. The number of likely N-dealkylation sites (tertiary alicyclic amines) is 1. The van der Waals surface area contributed by atoms with Crippen molar-refractivity contribution in [2.24, 2.45) is 11.3 Å². The van der Waals surface area contributed by atoms with Crippen LogP contribution in [0.25, 0.3) is 0 Å². The third-order valence-electron chi connectivity index (χ3n) is 4.11. The lowest BCUT2D eigenvalue weighted by Gasteiger charge is -2.32. The number of carboxylic acids is 1. The SMILES string of the molecule is COCC1CCCN(CCCCC(C)(C)C(=O)O)C1. The molecule has 0 aromatic carbocycles. The van der Waals surface area contributed by atoms with E-state index in [2.05, 4.69) is 4.90 Å². The van der Waals surface area contributed by atoms with Gasteiger partial charge in [0.2, 0.25) is 0 Å². The minimum Gasteiger partial charge on any atom is -0.481 e. The van der Waals surface area contributed by atoms with Crippen molar-refractivity contribution in [1.29, 1.82) is 0 Å². The van der Waals surface area contributed by atoms with Gasteiger partial charge in [-0.2, -0.15) is 0 Å². The maximum absolute atomic E-state index is 11.0. The molecular weight excluding hydrogens is 242 g/mol. The average Bonchev–Trinajstić information content (AvgIpc) is 2.35. The van der Waals surface area contributed by atoms with Crippen LogP contribution >= 0.6 is 0 Å². The van der Waals surface area contributed by atoms with Gasteiger partial charge in [-0.25, -0.2) is 0 Å². The summed E-state index contributed by atoms with van der Waals surface area (Å²) in [7, 11) is 1.77. The molecule has 112 valence electrons. The number of ether oxygens (including phenoxy) is 1. The normalized spacial score (nSPS) is 21.5. The van der Waals surface area contributed by atoms with E-state index in [4.69, 9.17) is 9.84 Å². The molecule has 1 aliphatic heterocycles. The summed E-state index contributed by atoms with van der Waals surface area (Å²) in [5, 5.41) is 9.06. The van der Waals surface area contributed by atoms with Crippen LogP contribution in [0.15, 0.2) is 0 Å². The summed E-state index contributed by atoms with van der Waals surface area (Å²) in [5.74, 6) is -0.0140. The second-order valence-electron chi connectivity index (χ2n) is 6.41. The van der Waals surface area contributed by atoms with E-state index in [1.165, 1.54) is 19.4 Å². The number of rotatable bonds is 8. The first-order valence-corrected chi connectivity index (χ1v) is 7.40. The molecule has 1 aliphatic rings. The predicted octanol–water partition coefficient (Wildman–Crippen LogP) is 2.63. The smallest absolute Gasteiger partial charge is 0.309 e. The van der Waals surface area contributed by atoms with Crippen molar-refractivity contribution in [2.75, 3.05) is 33.4 Å². The third kappa shape index (κ3) is 5.91. The fraction of sp³-hybridized carbons (Fsp3) is 0.933. The predicted molar refractivity (Wildman–Crippen MR) is 76.3 cm³/mol. The Bertz CT molecular complexity index is 277. The number of aliphatic carboxylic acids is 1. The van der Waals surface area contributed by atoms with E-state index < -0.39 is 11.4 Å². The summed E-state index contributed by atoms with van der Waals surface area (Å²) >= 11 is 0. The number of carboxylic acid groups (broad SMARTS) is 1. The highest BCUT2D eigenvalue weighted by Crippen LogP contribution is 2.24. The molecule has 0 saturated carbocycles. The molecule has 0 spiro atoms. The molecule has 4 nitrogen and oxygen atoms in total. The zero-order chi connectivity index (χ0) is 14.3. The molecule has 1 N–H and O–H groups in total. The van der Waals surface area contributed by atoms with E-state index in [1.807, 2.05) is 13.8 Å². The number of hydrogen-bond donors (Lipinski definition) is 1. The van der Waals surface area contributed by atoms with Gasteiger partial charge in [0.1, 0.15) is 0 Å². The summed E-state index contributed by atoms with van der Waals surface area (Å²) in [4.78, 5) is 13.5. The van der Waals surface area contributed by atoms with Crippen LogP contribution in [0, 0.1) is 11.3 Å². The summed E-state index contributed by atoms with van der Waals surface area (Å²) in [5.41, 5.74) is -0.583. The topological polar surface area (TPSA) is 49.8 Å². The number of unbranched alkanes of at least 4 members (excludes halogenated alkanes) is 1. The summed E-state index contributed by atoms with van der Waals surface area (Å²) < 4.78 is 5.23. The van der Waals surface area contributed by atoms with Crippen LogP contribution in [0.2, 0.25) is 0 Å². The van der Waals surface area contributed by atoms with Gasteiger partial charge < -0.3 is 14.7 Å². The maximum Gasteiger partial charge on any atom is 0.309 e. The molecule has 0 radical (unpaired) electrons. The van der Waals surface area contributed by atoms with E-state index in [1.54, 1.807) is 7.11 Å². The van der Waals surface area contributed by atoms with E-state index in [-0.39, 0.29) is 0 Å². The second kappa shape index (κ2) is 7.85. The molecule has 0 bridgehead atoms. The van der Waals surface area contributed by atoms with Gasteiger partial charge in [0.15, 0.2) is 0 Å². The van der Waals surface area contributed by atoms with E-state index in [9.17, 15) is 4.79 Å². The molecule has 1 rings (SSSR count). The number of nitrogens with zero attached hydrogens (tertiary/aromatic N) is 1. The Balaban J connectivity index is 2.17. The van der Waals surface area contributed by atoms with Crippen LogP contribution in [-0.2, 0) is 9.53 Å². The number of piperidine rings is 1. The Morgan fingerprint density at radius 1 is 1.42 bits per heavy atom. The standard InChI is InChI=1S/C15H29NO3/c1-15(2,14(17)18)8-4-5-9-16-10-6-7-13(11-16)12-19-3/h13H,4-12H2,1-3H3,(H,17,18). The van der Waals surface area contributed by atoms with Crippen molar-refractivity contribution in [3.05, 3.63) is 0 Å². The van der Waals surface area contributed by atoms with Crippen LogP contribution in [0.4, 0.5) is 0 Å². The van der Waals surface area contributed by atoms with E-state index in [0.29, 0.717) is 5.92 Å². The van der Waals surface area contributed by atoms with Gasteiger partial charge in [0, 0.05) is 13.7 Å². The maximum atomic E-state index is 11.0. The summed E-state index contributed by atoms with van der Waals surface area (Å²) in [6, 6.07) is 0. The Kier molecular flexibility index (Phi) is 6.80. The first-order chi connectivity index (χ1) is 8.95. The van der Waals surface area contributed by atoms with Gasteiger partial charge in [-0.3, -0.25) is 4.79 Å². The lowest BCUT2D eigenvalue weighted by Crippen LogP contribution is -2.37. The van der Waals surface area contributed by atoms with Crippen molar-refractivity contribution in [3.63, 3.8) is 0 Å². The molecule has 19 heavy (non-hydrogen) atoms. The second-order valence-corrected chi connectivity index (χ2v) is 6.41. The Hall–Kier alpha value is -0.610. The average molecular weight is 271 g/mol. The molecule has 1 atom stereocenters. The number of methoxy groups -OCH3 is 1. The van der Waals surface area contributed by atoms with Gasteiger partial charge in [-0.15, -0.1) is 0 Å². The van der Waals surface area contributed by atoms with Crippen molar-refractivity contribution in [1.82, 2.24) is 4.90 Å². The van der Waals surface area contributed by atoms with Crippen molar-refractivity contribution < 1.29 is 14.6 Å². The molecule has 1 heterocycles. The fourth-order valence-corrected chi connectivity index (χ4v) is 2.74. The lowest BCUT2D eigenvalue weighted by molar-refractivity contribution is -0.147. The van der Waals surface area contributed by atoms with E-state index in [0.717, 1.165) is 39.0 Å². The van der Waals surface area contributed by atoms with Crippen LogP contribution in [0.3, 0.4) is 0 Å². The molecule has 0 amide bonds. The highest BCUT2D eigenvalue weighted by Gasteiger charge is 2.26. The van der Waals surface area contributed by atoms with Gasteiger partial charge in [-0.05, 0) is 58.5 Å². The molecule has 1 saturated heterocycles.